The number of benzene rings is 2. The largest absolute Gasteiger partial charge is 0.435 e. The van der Waals surface area contributed by atoms with Gasteiger partial charge in [-0.3, -0.25) is 4.79 Å². The molecule has 2 aromatic carbocycles. The van der Waals surface area contributed by atoms with Crippen molar-refractivity contribution in [1.82, 2.24) is 9.78 Å². The van der Waals surface area contributed by atoms with E-state index in [9.17, 15) is 18.0 Å². The normalized spacial score (nSPS) is 11.6. The zero-order valence-corrected chi connectivity index (χ0v) is 14.4. The number of aromatic nitrogens is 2. The summed E-state index contributed by atoms with van der Waals surface area (Å²) in [6, 6.07) is 11.1. The Morgan fingerprint density at radius 1 is 1.00 bits per heavy atom. The number of nitrogens with zero attached hydrogens (tertiary/aromatic N) is 2. The van der Waals surface area contributed by atoms with Gasteiger partial charge in [0.25, 0.3) is 0 Å². The second-order valence-electron chi connectivity index (χ2n) is 5.36. The predicted molar refractivity (Wildman–Crippen MR) is 92.5 cm³/mol. The highest BCUT2D eigenvalue weighted by Gasteiger charge is 2.35. The minimum atomic E-state index is -4.62. The molecule has 1 amide bonds. The molecule has 1 heterocycles. The highest BCUT2D eigenvalue weighted by molar-refractivity contribution is 6.42. The summed E-state index contributed by atoms with van der Waals surface area (Å²) in [6.45, 7) is 0. The highest BCUT2D eigenvalue weighted by Crippen LogP contribution is 2.35. The smallest absolute Gasteiger partial charge is 0.366 e. The van der Waals surface area contributed by atoms with Gasteiger partial charge < -0.3 is 5.73 Å². The van der Waals surface area contributed by atoms with Crippen LogP contribution in [0.3, 0.4) is 0 Å². The zero-order chi connectivity index (χ0) is 19.1. The second-order valence-corrected chi connectivity index (χ2v) is 6.18. The molecule has 0 aliphatic carbocycles. The number of halogens is 5. The van der Waals surface area contributed by atoms with Crippen LogP contribution in [-0.2, 0) is 6.18 Å². The van der Waals surface area contributed by atoms with Crippen LogP contribution >= 0.6 is 23.2 Å². The van der Waals surface area contributed by atoms with E-state index in [1.807, 2.05) is 0 Å². The summed E-state index contributed by atoms with van der Waals surface area (Å²) in [6.07, 6.45) is -4.62. The van der Waals surface area contributed by atoms with Gasteiger partial charge in [-0.15, -0.1) is 0 Å². The summed E-state index contributed by atoms with van der Waals surface area (Å²) in [5.41, 5.74) is 5.25. The van der Waals surface area contributed by atoms with E-state index in [4.69, 9.17) is 28.9 Å². The summed E-state index contributed by atoms with van der Waals surface area (Å²) < 4.78 is 40.5. The molecule has 0 aliphatic heterocycles. The Kier molecular flexibility index (Phi) is 4.68. The van der Waals surface area contributed by atoms with Crippen LogP contribution in [0.2, 0.25) is 10.0 Å². The topological polar surface area (TPSA) is 60.9 Å². The molecule has 26 heavy (non-hydrogen) atoms. The lowest BCUT2D eigenvalue weighted by molar-refractivity contribution is -0.141. The molecule has 134 valence electrons. The molecule has 0 unspecified atom stereocenters. The summed E-state index contributed by atoms with van der Waals surface area (Å²) in [5.74, 6) is -0.641. The Balaban J connectivity index is 2.18. The van der Waals surface area contributed by atoms with E-state index in [1.165, 1.54) is 36.4 Å². The number of hydrogen-bond donors (Lipinski definition) is 1. The number of nitrogens with two attached hydrogens (primary N) is 1. The van der Waals surface area contributed by atoms with E-state index in [1.54, 1.807) is 6.07 Å². The molecular formula is C17H10Cl2F3N3O. The number of alkyl halides is 3. The first-order valence-corrected chi connectivity index (χ1v) is 7.95. The maximum absolute atomic E-state index is 13.1. The van der Waals surface area contributed by atoms with Crippen molar-refractivity contribution in [2.75, 3.05) is 0 Å². The number of carbonyl (C=O) groups excluding carboxylic acids is 1. The molecule has 0 bridgehead atoms. The Hall–Kier alpha value is -2.51. The quantitative estimate of drug-likeness (QED) is 0.676. The molecule has 0 atom stereocenters. The van der Waals surface area contributed by atoms with E-state index in [-0.39, 0.29) is 21.3 Å². The van der Waals surface area contributed by atoms with Crippen molar-refractivity contribution in [2.45, 2.75) is 6.18 Å². The van der Waals surface area contributed by atoms with Crippen LogP contribution in [0.1, 0.15) is 16.1 Å². The van der Waals surface area contributed by atoms with Crippen molar-refractivity contribution in [3.63, 3.8) is 0 Å². The van der Waals surface area contributed by atoms with E-state index in [0.717, 1.165) is 10.7 Å². The molecule has 3 rings (SSSR count). The lowest BCUT2D eigenvalue weighted by Gasteiger charge is -2.09. The first-order valence-electron chi connectivity index (χ1n) is 7.20. The zero-order valence-electron chi connectivity index (χ0n) is 12.9. The molecule has 0 aliphatic rings. The van der Waals surface area contributed by atoms with Crippen molar-refractivity contribution in [3.05, 3.63) is 69.8 Å². The lowest BCUT2D eigenvalue weighted by Crippen LogP contribution is -2.11. The molecule has 0 saturated carbocycles. The van der Waals surface area contributed by atoms with Crippen LogP contribution in [0.5, 0.6) is 0 Å². The third-order valence-electron chi connectivity index (χ3n) is 3.61. The fourth-order valence-electron chi connectivity index (χ4n) is 2.34. The second kappa shape index (κ2) is 6.66. The molecule has 0 spiro atoms. The van der Waals surface area contributed by atoms with E-state index in [2.05, 4.69) is 5.10 Å². The number of rotatable bonds is 3. The fraction of sp³-hybridized carbons (Fsp3) is 0.0588. The molecular weight excluding hydrogens is 390 g/mol. The van der Waals surface area contributed by atoms with Gasteiger partial charge in [-0.1, -0.05) is 29.3 Å². The minimum Gasteiger partial charge on any atom is -0.366 e. The maximum Gasteiger partial charge on any atom is 0.435 e. The number of hydrogen-bond acceptors (Lipinski definition) is 2. The Morgan fingerprint density at radius 3 is 2.19 bits per heavy atom. The van der Waals surface area contributed by atoms with Crippen molar-refractivity contribution >= 4 is 29.1 Å². The predicted octanol–water partition coefficient (Wildman–Crippen LogP) is 4.96. The first-order chi connectivity index (χ1) is 12.2. The van der Waals surface area contributed by atoms with Crippen LogP contribution in [0.25, 0.3) is 16.9 Å². The minimum absolute atomic E-state index is 0.169. The molecule has 0 saturated heterocycles. The van der Waals surface area contributed by atoms with Crippen molar-refractivity contribution in [3.8, 4) is 16.9 Å². The molecule has 0 fully saturated rings. The van der Waals surface area contributed by atoms with Gasteiger partial charge in [-0.05, 0) is 42.5 Å². The lowest BCUT2D eigenvalue weighted by atomic mass is 10.1. The third-order valence-corrected chi connectivity index (χ3v) is 4.35. The van der Waals surface area contributed by atoms with E-state index >= 15 is 0 Å². The number of amides is 1. The van der Waals surface area contributed by atoms with Gasteiger partial charge in [0.2, 0.25) is 5.91 Å². The van der Waals surface area contributed by atoms with Gasteiger partial charge in [0, 0.05) is 11.1 Å². The molecule has 4 nitrogen and oxygen atoms in total. The average Bonchev–Trinajstić information content (AvgIpc) is 3.03. The van der Waals surface area contributed by atoms with Crippen LogP contribution in [0, 0.1) is 0 Å². The van der Waals surface area contributed by atoms with Gasteiger partial charge in [-0.25, -0.2) is 4.68 Å². The van der Waals surface area contributed by atoms with Crippen LogP contribution in [0.4, 0.5) is 13.2 Å². The van der Waals surface area contributed by atoms with Gasteiger partial charge in [0.15, 0.2) is 5.69 Å². The van der Waals surface area contributed by atoms with Crippen molar-refractivity contribution in [2.24, 2.45) is 5.73 Å². The molecule has 0 radical (unpaired) electrons. The van der Waals surface area contributed by atoms with Crippen LogP contribution in [0.15, 0.2) is 48.5 Å². The van der Waals surface area contributed by atoms with Crippen molar-refractivity contribution < 1.29 is 18.0 Å². The number of primary amides is 1. The van der Waals surface area contributed by atoms with Gasteiger partial charge in [0.05, 0.1) is 21.4 Å². The molecule has 3 aromatic rings. The van der Waals surface area contributed by atoms with Crippen LogP contribution < -0.4 is 5.73 Å². The highest BCUT2D eigenvalue weighted by atomic mass is 35.5. The third kappa shape index (κ3) is 3.54. The van der Waals surface area contributed by atoms with Gasteiger partial charge >= 0.3 is 6.18 Å². The monoisotopic (exact) mass is 399 g/mol. The first kappa shape index (κ1) is 18.3. The van der Waals surface area contributed by atoms with Crippen molar-refractivity contribution in [1.29, 1.82) is 0 Å². The van der Waals surface area contributed by atoms with E-state index < -0.39 is 17.8 Å². The standard InChI is InChI=1S/C17H10Cl2F3N3O/c18-12-6-3-10(7-13(12)19)14-8-15(17(20,21)22)24-25(14)11-4-1-9(2-5-11)16(23)26/h1-8H,(H2,23,26). The maximum atomic E-state index is 13.1. The SMILES string of the molecule is NC(=O)c1ccc(-n2nc(C(F)(F)F)cc2-c2ccc(Cl)c(Cl)c2)cc1. The van der Waals surface area contributed by atoms with E-state index in [0.29, 0.717) is 11.3 Å². The van der Waals surface area contributed by atoms with Crippen LogP contribution in [-0.4, -0.2) is 15.7 Å². The summed E-state index contributed by atoms with van der Waals surface area (Å²) in [4.78, 5) is 11.2. The molecule has 1 aromatic heterocycles. The Morgan fingerprint density at radius 2 is 1.65 bits per heavy atom. The molecule has 9 heteroatoms. The summed E-state index contributed by atoms with van der Waals surface area (Å²) >= 11 is 11.9. The Labute approximate surface area is 155 Å². The molecule has 2 N–H and O–H groups in total. The number of carbonyl (C=O) groups is 1. The van der Waals surface area contributed by atoms with Gasteiger partial charge in [0.1, 0.15) is 0 Å². The average molecular weight is 400 g/mol. The fourth-order valence-corrected chi connectivity index (χ4v) is 2.64. The van der Waals surface area contributed by atoms with Gasteiger partial charge in [-0.2, -0.15) is 18.3 Å². The summed E-state index contributed by atoms with van der Waals surface area (Å²) in [5, 5.41) is 4.14. The summed E-state index contributed by atoms with van der Waals surface area (Å²) in [7, 11) is 0. The Bertz CT molecular complexity index is 982.